The summed E-state index contributed by atoms with van der Waals surface area (Å²) in [6, 6.07) is 17.2. The van der Waals surface area contributed by atoms with Crippen molar-refractivity contribution in [1.29, 1.82) is 0 Å². The predicted octanol–water partition coefficient (Wildman–Crippen LogP) is 4.05. The molecule has 0 aliphatic rings. The van der Waals surface area contributed by atoms with E-state index < -0.39 is 23.8 Å². The molecular weight excluding hydrogens is 432 g/mol. The number of hydrogen-bond donors (Lipinski definition) is 3. The molecule has 7 heteroatoms. The van der Waals surface area contributed by atoms with Crippen LogP contribution in [-0.2, 0) is 16.1 Å². The molecule has 0 saturated carbocycles. The summed E-state index contributed by atoms with van der Waals surface area (Å²) < 4.78 is 5.35. The molecule has 0 fully saturated rings. The van der Waals surface area contributed by atoms with E-state index in [1.165, 1.54) is 0 Å². The van der Waals surface area contributed by atoms with Crippen LogP contribution in [0.25, 0.3) is 0 Å². The van der Waals surface area contributed by atoms with Crippen LogP contribution in [0.1, 0.15) is 57.7 Å². The summed E-state index contributed by atoms with van der Waals surface area (Å²) in [5.41, 5.74) is 0.634. The van der Waals surface area contributed by atoms with Crippen LogP contribution in [0.15, 0.2) is 60.7 Å². The number of ether oxygens (including phenoxy) is 1. The van der Waals surface area contributed by atoms with Crippen molar-refractivity contribution in [2.75, 3.05) is 13.2 Å². The second-order valence-corrected chi connectivity index (χ2v) is 9.59. The minimum atomic E-state index is -0.995. The number of carbonyl (C=O) groups excluding carboxylic acids is 2. The Morgan fingerprint density at radius 1 is 1.03 bits per heavy atom. The first-order valence-electron chi connectivity index (χ1n) is 11.8. The van der Waals surface area contributed by atoms with E-state index in [4.69, 9.17) is 4.74 Å². The van der Waals surface area contributed by atoms with Gasteiger partial charge >= 0.3 is 6.09 Å². The Kier molecular flexibility index (Phi) is 10.5. The molecule has 2 unspecified atom stereocenters. The van der Waals surface area contributed by atoms with Gasteiger partial charge < -0.3 is 25.2 Å². The number of hydrogen-bond acceptors (Lipinski definition) is 5. The highest BCUT2D eigenvalue weighted by Gasteiger charge is 2.33. The van der Waals surface area contributed by atoms with E-state index in [0.717, 1.165) is 11.1 Å². The minimum Gasteiger partial charge on any atom is -0.445 e. The van der Waals surface area contributed by atoms with Gasteiger partial charge in [-0.3, -0.25) is 4.79 Å². The second kappa shape index (κ2) is 13.1. The van der Waals surface area contributed by atoms with Gasteiger partial charge in [0.05, 0.1) is 18.2 Å². The molecule has 0 bridgehead atoms. The average molecular weight is 471 g/mol. The van der Waals surface area contributed by atoms with Crippen molar-refractivity contribution in [3.05, 3.63) is 71.8 Å². The topological polar surface area (TPSA) is 99.1 Å². The number of nitrogens with one attached hydrogen (secondary N) is 1. The largest absolute Gasteiger partial charge is 0.445 e. The van der Waals surface area contributed by atoms with Crippen molar-refractivity contribution in [1.82, 2.24) is 10.2 Å². The quantitative estimate of drug-likeness (QED) is 0.435. The lowest BCUT2D eigenvalue weighted by Crippen LogP contribution is -2.51. The maximum atomic E-state index is 13.7. The first kappa shape index (κ1) is 27.3. The lowest BCUT2D eigenvalue weighted by molar-refractivity contribution is -0.138. The van der Waals surface area contributed by atoms with Gasteiger partial charge in [-0.2, -0.15) is 0 Å². The zero-order chi connectivity index (χ0) is 25.1. The van der Waals surface area contributed by atoms with E-state index in [1.807, 2.05) is 74.5 Å². The minimum absolute atomic E-state index is 0.0982. The van der Waals surface area contributed by atoms with E-state index in [9.17, 15) is 19.8 Å². The average Bonchev–Trinajstić information content (AvgIpc) is 2.80. The number of alkyl carbamates (subject to hydrolysis) is 1. The van der Waals surface area contributed by atoms with Crippen LogP contribution in [0.2, 0.25) is 0 Å². The summed E-state index contributed by atoms with van der Waals surface area (Å²) in [6.07, 6.45) is 0.0470. The Morgan fingerprint density at radius 2 is 1.62 bits per heavy atom. The number of carbonyl (C=O) groups is 2. The third-order valence-electron chi connectivity index (χ3n) is 5.49. The lowest BCUT2D eigenvalue weighted by Gasteiger charge is -2.36. The van der Waals surface area contributed by atoms with Crippen molar-refractivity contribution < 1.29 is 24.5 Å². The number of aliphatic hydroxyl groups excluding tert-OH is 1. The summed E-state index contributed by atoms with van der Waals surface area (Å²) in [4.78, 5) is 27.9. The van der Waals surface area contributed by atoms with Crippen molar-refractivity contribution in [3.8, 4) is 0 Å². The predicted molar refractivity (Wildman–Crippen MR) is 132 cm³/mol. The van der Waals surface area contributed by atoms with Gasteiger partial charge in [-0.15, -0.1) is 0 Å². The van der Waals surface area contributed by atoms with Gasteiger partial charge in [-0.05, 0) is 43.7 Å². The van der Waals surface area contributed by atoms with Crippen LogP contribution in [0.4, 0.5) is 4.79 Å². The van der Waals surface area contributed by atoms with Gasteiger partial charge in [-0.1, -0.05) is 74.5 Å². The van der Waals surface area contributed by atoms with Crippen LogP contribution < -0.4 is 5.32 Å². The Hall–Kier alpha value is -2.90. The third-order valence-corrected chi connectivity index (χ3v) is 5.49. The summed E-state index contributed by atoms with van der Waals surface area (Å²) in [5.74, 6) is -0.193. The van der Waals surface area contributed by atoms with Crippen LogP contribution in [0.3, 0.4) is 0 Å². The Labute approximate surface area is 202 Å². The molecule has 7 nitrogen and oxygen atoms in total. The Balaban J connectivity index is 2.23. The van der Waals surface area contributed by atoms with E-state index in [2.05, 4.69) is 5.32 Å². The third kappa shape index (κ3) is 9.15. The highest BCUT2D eigenvalue weighted by molar-refractivity contribution is 5.86. The van der Waals surface area contributed by atoms with Crippen LogP contribution in [-0.4, -0.2) is 51.9 Å². The molecule has 2 aromatic rings. The highest BCUT2D eigenvalue weighted by Crippen LogP contribution is 2.24. The first-order valence-corrected chi connectivity index (χ1v) is 11.8. The summed E-state index contributed by atoms with van der Waals surface area (Å²) in [5, 5.41) is 23.2. The first-order chi connectivity index (χ1) is 16.1. The Bertz CT molecular complexity index is 881. The van der Waals surface area contributed by atoms with E-state index >= 15 is 0 Å². The molecule has 2 atom stereocenters. The van der Waals surface area contributed by atoms with Gasteiger partial charge in [0, 0.05) is 6.54 Å². The molecule has 2 rings (SSSR count). The molecule has 0 saturated heterocycles. The monoisotopic (exact) mass is 470 g/mol. The van der Waals surface area contributed by atoms with Crippen molar-refractivity contribution >= 4 is 12.0 Å². The standard InChI is InChI=1S/C27H38N2O5/c1-20(2)17-23(28-26(32)34-19-21-11-7-5-8-12-21)25(31)29(16-15-27(3,4)33)24(18-30)22-13-9-6-10-14-22/h5-14,20,23-24,30,33H,15-19H2,1-4H3,(H,28,32). The maximum absolute atomic E-state index is 13.7. The number of amides is 2. The normalized spacial score (nSPS) is 13.3. The van der Waals surface area contributed by atoms with Crippen LogP contribution in [0, 0.1) is 5.92 Å². The van der Waals surface area contributed by atoms with Crippen LogP contribution in [0.5, 0.6) is 0 Å². The van der Waals surface area contributed by atoms with Crippen molar-refractivity contribution in [2.45, 2.75) is 64.8 Å². The number of rotatable bonds is 12. The van der Waals surface area contributed by atoms with Gasteiger partial charge in [0.15, 0.2) is 0 Å². The number of aliphatic hydroxyl groups is 2. The molecule has 0 aromatic heterocycles. The van der Waals surface area contributed by atoms with Gasteiger partial charge in [0.2, 0.25) is 5.91 Å². The lowest BCUT2D eigenvalue weighted by atomic mass is 9.98. The molecule has 0 spiro atoms. The van der Waals surface area contributed by atoms with E-state index in [1.54, 1.807) is 18.7 Å². The van der Waals surface area contributed by atoms with Crippen LogP contribution >= 0.6 is 0 Å². The molecule has 0 heterocycles. The zero-order valence-electron chi connectivity index (χ0n) is 20.6. The summed E-state index contributed by atoms with van der Waals surface area (Å²) >= 11 is 0. The van der Waals surface area contributed by atoms with Crippen molar-refractivity contribution in [3.63, 3.8) is 0 Å². The highest BCUT2D eigenvalue weighted by atomic mass is 16.5. The fraction of sp³-hybridized carbons (Fsp3) is 0.481. The fourth-order valence-corrected chi connectivity index (χ4v) is 3.67. The van der Waals surface area contributed by atoms with Gasteiger partial charge in [0.1, 0.15) is 12.6 Å². The summed E-state index contributed by atoms with van der Waals surface area (Å²) in [7, 11) is 0. The van der Waals surface area contributed by atoms with E-state index in [0.29, 0.717) is 12.8 Å². The molecule has 3 N–H and O–H groups in total. The molecule has 0 aliphatic carbocycles. The molecule has 0 radical (unpaired) electrons. The van der Waals surface area contributed by atoms with Gasteiger partial charge in [-0.25, -0.2) is 4.79 Å². The molecular formula is C27H38N2O5. The van der Waals surface area contributed by atoms with E-state index in [-0.39, 0.29) is 31.6 Å². The zero-order valence-corrected chi connectivity index (χ0v) is 20.6. The molecule has 0 aliphatic heterocycles. The molecule has 186 valence electrons. The molecule has 2 aromatic carbocycles. The Morgan fingerprint density at radius 3 is 2.15 bits per heavy atom. The number of nitrogens with zero attached hydrogens (tertiary/aromatic N) is 1. The number of benzene rings is 2. The maximum Gasteiger partial charge on any atom is 0.408 e. The smallest absolute Gasteiger partial charge is 0.408 e. The molecule has 34 heavy (non-hydrogen) atoms. The molecule has 2 amide bonds. The SMILES string of the molecule is CC(C)CC(NC(=O)OCc1ccccc1)C(=O)N(CCC(C)(C)O)C(CO)c1ccccc1. The second-order valence-electron chi connectivity index (χ2n) is 9.59. The summed E-state index contributed by atoms with van der Waals surface area (Å²) in [6.45, 7) is 7.33. The van der Waals surface area contributed by atoms with Gasteiger partial charge in [0.25, 0.3) is 0 Å². The van der Waals surface area contributed by atoms with Crippen molar-refractivity contribution in [2.24, 2.45) is 5.92 Å². The fourth-order valence-electron chi connectivity index (χ4n) is 3.67.